The first-order valence-electron chi connectivity index (χ1n) is 6.57. The Morgan fingerprint density at radius 1 is 0.950 bits per heavy atom. The Hall–Kier alpha value is 0.0200. The van der Waals surface area contributed by atoms with E-state index in [9.17, 15) is 12.8 Å². The van der Waals surface area contributed by atoms with Gasteiger partial charge in [-0.2, -0.15) is 4.31 Å². The first kappa shape index (κ1) is 16.4. The van der Waals surface area contributed by atoms with Crippen LogP contribution < -0.4 is 0 Å². The van der Waals surface area contributed by atoms with Crippen molar-refractivity contribution in [2.45, 2.75) is 37.0 Å². The zero-order valence-electron chi connectivity index (χ0n) is 10.9. The summed E-state index contributed by atoms with van der Waals surface area (Å²) in [6.07, 6.45) is 5.01. The van der Waals surface area contributed by atoms with Crippen LogP contribution in [0.5, 0.6) is 0 Å². The van der Waals surface area contributed by atoms with Gasteiger partial charge in [0.2, 0.25) is 10.0 Å². The average molecular weight is 429 g/mol. The fourth-order valence-corrected chi connectivity index (χ4v) is 6.33. The molecule has 112 valence electrons. The van der Waals surface area contributed by atoms with Gasteiger partial charge in [0.1, 0.15) is 10.7 Å². The van der Waals surface area contributed by atoms with Crippen molar-refractivity contribution in [3.63, 3.8) is 0 Å². The fraction of sp³-hybridized carbons (Fsp3) is 0.538. The van der Waals surface area contributed by atoms with Gasteiger partial charge in [0, 0.05) is 22.0 Å². The molecule has 1 aliphatic rings. The van der Waals surface area contributed by atoms with Crippen molar-refractivity contribution in [1.29, 1.82) is 0 Å². The monoisotopic (exact) mass is 427 g/mol. The summed E-state index contributed by atoms with van der Waals surface area (Å²) in [5.74, 6) is -0.477. The summed E-state index contributed by atoms with van der Waals surface area (Å²) in [7, 11) is -3.61. The quantitative estimate of drug-likeness (QED) is 0.703. The topological polar surface area (TPSA) is 37.4 Å². The summed E-state index contributed by atoms with van der Waals surface area (Å²) in [5, 5.41) is 0. The molecule has 1 saturated heterocycles. The van der Waals surface area contributed by atoms with Gasteiger partial charge in [-0.25, -0.2) is 12.8 Å². The van der Waals surface area contributed by atoms with E-state index in [1.807, 2.05) is 0 Å². The van der Waals surface area contributed by atoms with Gasteiger partial charge < -0.3 is 0 Å². The molecule has 0 radical (unpaired) electrons. The van der Waals surface area contributed by atoms with Crippen LogP contribution in [0.1, 0.15) is 32.1 Å². The zero-order valence-corrected chi connectivity index (χ0v) is 14.9. The second-order valence-electron chi connectivity index (χ2n) is 4.87. The molecule has 0 aromatic heterocycles. The molecular weight excluding hydrogens is 413 g/mol. The third kappa shape index (κ3) is 3.61. The minimum Gasteiger partial charge on any atom is -0.207 e. The summed E-state index contributed by atoms with van der Waals surface area (Å²) in [6, 6.07) is 2.36. The molecule has 1 fully saturated rings. The van der Waals surface area contributed by atoms with Crippen LogP contribution in [0.15, 0.2) is 26.0 Å². The molecule has 0 amide bonds. The number of halogens is 3. The van der Waals surface area contributed by atoms with Gasteiger partial charge in [-0.15, -0.1) is 0 Å². The van der Waals surface area contributed by atoms with Gasteiger partial charge in [0.15, 0.2) is 0 Å². The van der Waals surface area contributed by atoms with Crippen molar-refractivity contribution in [3.05, 3.63) is 26.9 Å². The maximum atomic E-state index is 13.3. The Morgan fingerprint density at radius 3 is 1.90 bits per heavy atom. The van der Waals surface area contributed by atoms with Gasteiger partial charge in [0.25, 0.3) is 0 Å². The molecule has 0 bridgehead atoms. The molecule has 20 heavy (non-hydrogen) atoms. The lowest BCUT2D eigenvalue weighted by Gasteiger charge is -2.25. The first-order chi connectivity index (χ1) is 9.43. The van der Waals surface area contributed by atoms with Gasteiger partial charge in [-0.05, 0) is 56.8 Å². The van der Waals surface area contributed by atoms with Crippen molar-refractivity contribution >= 4 is 41.9 Å². The molecule has 0 N–H and O–H groups in total. The van der Waals surface area contributed by atoms with Gasteiger partial charge in [-0.3, -0.25) is 0 Å². The number of hydrogen-bond acceptors (Lipinski definition) is 2. The molecule has 7 heteroatoms. The molecule has 2 rings (SSSR count). The normalized spacial score (nSPS) is 18.6. The SMILES string of the molecule is O=S(=O)(c1c(Br)cc(F)cc1Br)N1CCCCCCC1. The fourth-order valence-electron chi connectivity index (χ4n) is 2.36. The van der Waals surface area contributed by atoms with E-state index in [0.29, 0.717) is 13.1 Å². The van der Waals surface area contributed by atoms with E-state index in [-0.39, 0.29) is 13.8 Å². The molecule has 3 nitrogen and oxygen atoms in total. The standard InChI is InChI=1S/C13H16Br2FNO2S/c14-11-8-10(16)9-12(15)13(11)20(18,19)17-6-4-2-1-3-5-7-17/h8-9H,1-7H2. The van der Waals surface area contributed by atoms with Crippen LogP contribution in [0.25, 0.3) is 0 Å². The van der Waals surface area contributed by atoms with Gasteiger partial charge in [-0.1, -0.05) is 19.3 Å². The van der Waals surface area contributed by atoms with E-state index in [1.165, 1.54) is 16.4 Å². The van der Waals surface area contributed by atoms with E-state index < -0.39 is 15.8 Å². The van der Waals surface area contributed by atoms with Crippen LogP contribution in [0, 0.1) is 5.82 Å². The third-order valence-corrected chi connectivity index (χ3v) is 7.15. The zero-order chi connectivity index (χ0) is 14.8. The van der Waals surface area contributed by atoms with Crippen molar-refractivity contribution in [2.24, 2.45) is 0 Å². The number of sulfonamides is 1. The number of rotatable bonds is 2. The van der Waals surface area contributed by atoms with Crippen molar-refractivity contribution in [3.8, 4) is 0 Å². The Balaban J connectivity index is 2.38. The maximum Gasteiger partial charge on any atom is 0.245 e. The maximum absolute atomic E-state index is 13.3. The van der Waals surface area contributed by atoms with Crippen molar-refractivity contribution in [1.82, 2.24) is 4.31 Å². The summed E-state index contributed by atoms with van der Waals surface area (Å²) in [5.41, 5.74) is 0. The van der Waals surface area contributed by atoms with E-state index >= 15 is 0 Å². The van der Waals surface area contributed by atoms with Crippen LogP contribution in [-0.4, -0.2) is 25.8 Å². The number of nitrogens with zero attached hydrogens (tertiary/aromatic N) is 1. The van der Waals surface area contributed by atoms with Crippen LogP contribution in [0.4, 0.5) is 4.39 Å². The molecule has 1 aromatic rings. The summed E-state index contributed by atoms with van der Waals surface area (Å²) in [6.45, 7) is 1.05. The lowest BCUT2D eigenvalue weighted by Crippen LogP contribution is -2.34. The number of benzene rings is 1. The average Bonchev–Trinajstić information content (AvgIpc) is 2.25. The van der Waals surface area contributed by atoms with E-state index in [4.69, 9.17) is 0 Å². The number of hydrogen-bond donors (Lipinski definition) is 0. The Labute approximate surface area is 135 Å². The molecule has 1 heterocycles. The van der Waals surface area contributed by atoms with E-state index in [0.717, 1.165) is 32.1 Å². The van der Waals surface area contributed by atoms with E-state index in [2.05, 4.69) is 31.9 Å². The van der Waals surface area contributed by atoms with Crippen molar-refractivity contribution < 1.29 is 12.8 Å². The molecule has 0 atom stereocenters. The smallest absolute Gasteiger partial charge is 0.207 e. The second kappa shape index (κ2) is 6.85. The van der Waals surface area contributed by atoms with Gasteiger partial charge >= 0.3 is 0 Å². The third-order valence-electron chi connectivity index (χ3n) is 3.38. The highest BCUT2D eigenvalue weighted by molar-refractivity contribution is 9.11. The minimum atomic E-state index is -3.61. The minimum absolute atomic E-state index is 0.111. The van der Waals surface area contributed by atoms with E-state index in [1.54, 1.807) is 0 Å². The molecule has 0 saturated carbocycles. The van der Waals surface area contributed by atoms with Crippen molar-refractivity contribution in [2.75, 3.05) is 13.1 Å². The Kier molecular flexibility index (Phi) is 5.62. The predicted octanol–water partition coefficient (Wildman–Crippen LogP) is 4.31. The highest BCUT2D eigenvalue weighted by atomic mass is 79.9. The largest absolute Gasteiger partial charge is 0.245 e. The lowest BCUT2D eigenvalue weighted by atomic mass is 10.1. The molecule has 1 aliphatic heterocycles. The summed E-state index contributed by atoms with van der Waals surface area (Å²) in [4.78, 5) is 0.111. The summed E-state index contributed by atoms with van der Waals surface area (Å²) < 4.78 is 40.8. The highest BCUT2D eigenvalue weighted by Gasteiger charge is 2.29. The molecule has 0 spiro atoms. The highest BCUT2D eigenvalue weighted by Crippen LogP contribution is 2.33. The second-order valence-corrected chi connectivity index (χ2v) is 8.45. The summed E-state index contributed by atoms with van der Waals surface area (Å²) >= 11 is 6.32. The van der Waals surface area contributed by atoms with Crippen LogP contribution in [-0.2, 0) is 10.0 Å². The Bertz CT molecular complexity index is 561. The predicted molar refractivity (Wildman–Crippen MR) is 83.6 cm³/mol. The molecular formula is C13H16Br2FNO2S. The Morgan fingerprint density at radius 2 is 1.40 bits per heavy atom. The lowest BCUT2D eigenvalue weighted by molar-refractivity contribution is 0.364. The molecule has 0 unspecified atom stereocenters. The molecule has 0 aliphatic carbocycles. The van der Waals surface area contributed by atoms with Gasteiger partial charge in [0.05, 0.1) is 0 Å². The van der Waals surface area contributed by atoms with Crippen LogP contribution >= 0.6 is 31.9 Å². The molecule has 1 aromatic carbocycles. The van der Waals surface area contributed by atoms with Crippen LogP contribution in [0.2, 0.25) is 0 Å². The first-order valence-corrected chi connectivity index (χ1v) is 9.60. The van der Waals surface area contributed by atoms with Crippen LogP contribution in [0.3, 0.4) is 0 Å².